The number of carbonyl (C=O) groups excluding carboxylic acids is 1. The molecule has 1 amide bonds. The quantitative estimate of drug-likeness (QED) is 0.776. The van der Waals surface area contributed by atoms with Crippen molar-refractivity contribution in [2.24, 2.45) is 0 Å². The highest BCUT2D eigenvalue weighted by atomic mass is 79.9. The van der Waals surface area contributed by atoms with E-state index in [2.05, 4.69) is 15.9 Å². The van der Waals surface area contributed by atoms with Crippen LogP contribution in [0.1, 0.15) is 19.4 Å². The summed E-state index contributed by atoms with van der Waals surface area (Å²) in [5, 5.41) is 0. The maximum atomic E-state index is 11.7. The molecule has 1 aromatic carbocycles. The minimum Gasteiger partial charge on any atom is -0.340 e. The Hall–Kier alpha value is -1.09. The summed E-state index contributed by atoms with van der Waals surface area (Å²) in [6.07, 6.45) is 3.46. The molecule has 1 aromatic rings. The Kier molecular flexibility index (Phi) is 5.26. The molecule has 2 nitrogen and oxygen atoms in total. The van der Waals surface area contributed by atoms with Gasteiger partial charge in [0.05, 0.1) is 0 Å². The summed E-state index contributed by atoms with van der Waals surface area (Å²) in [7, 11) is 0. The molecule has 0 heterocycles. The van der Waals surface area contributed by atoms with Crippen molar-refractivity contribution in [3.63, 3.8) is 0 Å². The second kappa shape index (κ2) is 6.48. The number of carbonyl (C=O) groups is 1. The third kappa shape index (κ3) is 3.81. The molecule has 0 N–H and O–H groups in total. The predicted molar refractivity (Wildman–Crippen MR) is 71.1 cm³/mol. The minimum atomic E-state index is 0.0629. The maximum Gasteiger partial charge on any atom is 0.246 e. The van der Waals surface area contributed by atoms with E-state index in [0.29, 0.717) is 0 Å². The van der Waals surface area contributed by atoms with E-state index in [1.165, 1.54) is 0 Å². The van der Waals surface area contributed by atoms with E-state index in [4.69, 9.17) is 0 Å². The standard InChI is InChI=1S/C13H16BrNO/c1-3-15(4-2)13(16)10-7-11-5-8-12(14)9-6-11/h5-10H,3-4H2,1-2H3. The van der Waals surface area contributed by atoms with Crippen LogP contribution in [-0.2, 0) is 4.79 Å². The lowest BCUT2D eigenvalue weighted by Gasteiger charge is -2.15. The molecule has 0 radical (unpaired) electrons. The lowest BCUT2D eigenvalue weighted by molar-refractivity contribution is -0.125. The first-order valence-corrected chi connectivity index (χ1v) is 6.19. The molecule has 3 heteroatoms. The van der Waals surface area contributed by atoms with Gasteiger partial charge < -0.3 is 4.90 Å². The third-order valence-corrected chi connectivity index (χ3v) is 2.89. The van der Waals surface area contributed by atoms with Crippen LogP contribution in [0.25, 0.3) is 6.08 Å². The van der Waals surface area contributed by atoms with Crippen LogP contribution in [0.3, 0.4) is 0 Å². The van der Waals surface area contributed by atoms with Crippen molar-refractivity contribution in [3.05, 3.63) is 40.4 Å². The molecule has 0 bridgehead atoms. The van der Waals surface area contributed by atoms with Crippen LogP contribution in [0, 0.1) is 0 Å². The zero-order chi connectivity index (χ0) is 12.0. The van der Waals surface area contributed by atoms with Crippen LogP contribution < -0.4 is 0 Å². The fraction of sp³-hybridized carbons (Fsp3) is 0.308. The van der Waals surface area contributed by atoms with Crippen molar-refractivity contribution in [2.45, 2.75) is 13.8 Å². The Balaban J connectivity index is 2.66. The van der Waals surface area contributed by atoms with Crippen LogP contribution in [0.15, 0.2) is 34.8 Å². The number of benzene rings is 1. The number of likely N-dealkylation sites (N-methyl/N-ethyl adjacent to an activating group) is 1. The van der Waals surface area contributed by atoms with Crippen molar-refractivity contribution in [1.82, 2.24) is 4.90 Å². The molecular weight excluding hydrogens is 266 g/mol. The number of hydrogen-bond acceptors (Lipinski definition) is 1. The highest BCUT2D eigenvalue weighted by molar-refractivity contribution is 9.10. The van der Waals surface area contributed by atoms with Gasteiger partial charge in [-0.25, -0.2) is 0 Å². The van der Waals surface area contributed by atoms with Gasteiger partial charge in [-0.15, -0.1) is 0 Å². The fourth-order valence-electron chi connectivity index (χ4n) is 1.38. The average molecular weight is 282 g/mol. The number of hydrogen-bond donors (Lipinski definition) is 0. The highest BCUT2D eigenvalue weighted by Crippen LogP contribution is 2.11. The lowest BCUT2D eigenvalue weighted by atomic mass is 10.2. The van der Waals surface area contributed by atoms with E-state index in [9.17, 15) is 4.79 Å². The number of halogens is 1. The maximum absolute atomic E-state index is 11.7. The summed E-state index contributed by atoms with van der Waals surface area (Å²) in [6.45, 7) is 5.46. The Labute approximate surface area is 105 Å². The largest absolute Gasteiger partial charge is 0.340 e. The van der Waals surface area contributed by atoms with Gasteiger partial charge in [0, 0.05) is 23.6 Å². The van der Waals surface area contributed by atoms with Gasteiger partial charge in [0.1, 0.15) is 0 Å². The molecule has 1 rings (SSSR count). The van der Waals surface area contributed by atoms with E-state index in [1.54, 1.807) is 11.0 Å². The predicted octanol–water partition coefficient (Wildman–Crippen LogP) is 3.33. The van der Waals surface area contributed by atoms with E-state index >= 15 is 0 Å². The molecule has 0 atom stereocenters. The summed E-state index contributed by atoms with van der Waals surface area (Å²) in [4.78, 5) is 13.5. The molecule has 0 aromatic heterocycles. The normalized spacial score (nSPS) is 10.7. The van der Waals surface area contributed by atoms with Gasteiger partial charge >= 0.3 is 0 Å². The van der Waals surface area contributed by atoms with Crippen molar-refractivity contribution < 1.29 is 4.79 Å². The van der Waals surface area contributed by atoms with Gasteiger partial charge in [-0.1, -0.05) is 28.1 Å². The molecule has 0 aliphatic heterocycles. The zero-order valence-electron chi connectivity index (χ0n) is 9.61. The summed E-state index contributed by atoms with van der Waals surface area (Å²) >= 11 is 3.37. The molecule has 0 unspecified atom stereocenters. The van der Waals surface area contributed by atoms with Gasteiger partial charge in [-0.2, -0.15) is 0 Å². The van der Waals surface area contributed by atoms with E-state index in [0.717, 1.165) is 23.1 Å². The molecule has 0 aliphatic rings. The second-order valence-corrected chi connectivity index (χ2v) is 4.31. The second-order valence-electron chi connectivity index (χ2n) is 3.40. The lowest BCUT2D eigenvalue weighted by Crippen LogP contribution is -2.28. The Morgan fingerprint density at radius 2 is 1.81 bits per heavy atom. The summed E-state index contributed by atoms with van der Waals surface area (Å²) in [6, 6.07) is 7.86. The van der Waals surface area contributed by atoms with Crippen LogP contribution in [0.2, 0.25) is 0 Å². The summed E-state index contributed by atoms with van der Waals surface area (Å²) < 4.78 is 1.04. The SMILES string of the molecule is CCN(CC)C(=O)C=Cc1ccc(Br)cc1. The molecule has 0 spiro atoms. The first-order valence-electron chi connectivity index (χ1n) is 5.40. The Morgan fingerprint density at radius 1 is 1.25 bits per heavy atom. The van der Waals surface area contributed by atoms with Crippen molar-refractivity contribution in [1.29, 1.82) is 0 Å². The van der Waals surface area contributed by atoms with E-state index < -0.39 is 0 Å². The van der Waals surface area contributed by atoms with Crippen LogP contribution in [0.4, 0.5) is 0 Å². The topological polar surface area (TPSA) is 20.3 Å². The van der Waals surface area contributed by atoms with Crippen molar-refractivity contribution in [3.8, 4) is 0 Å². The van der Waals surface area contributed by atoms with Gasteiger partial charge in [0.15, 0.2) is 0 Å². The summed E-state index contributed by atoms with van der Waals surface area (Å²) in [5.41, 5.74) is 1.03. The number of rotatable bonds is 4. The number of amides is 1. The average Bonchev–Trinajstić information content (AvgIpc) is 2.30. The third-order valence-electron chi connectivity index (χ3n) is 2.36. The molecule has 0 aliphatic carbocycles. The first-order chi connectivity index (χ1) is 7.67. The molecule has 16 heavy (non-hydrogen) atoms. The molecule has 0 saturated heterocycles. The molecular formula is C13H16BrNO. The van der Waals surface area contributed by atoms with Crippen molar-refractivity contribution in [2.75, 3.05) is 13.1 Å². The Bertz CT molecular complexity index is 366. The van der Waals surface area contributed by atoms with Crippen molar-refractivity contribution >= 4 is 27.9 Å². The van der Waals surface area contributed by atoms with Crippen LogP contribution in [-0.4, -0.2) is 23.9 Å². The zero-order valence-corrected chi connectivity index (χ0v) is 11.2. The van der Waals surface area contributed by atoms with E-state index in [-0.39, 0.29) is 5.91 Å². The van der Waals surface area contributed by atoms with E-state index in [1.807, 2.05) is 44.2 Å². The van der Waals surface area contributed by atoms with Gasteiger partial charge in [0.2, 0.25) is 5.91 Å². The van der Waals surface area contributed by atoms with Gasteiger partial charge in [-0.05, 0) is 37.6 Å². The fourth-order valence-corrected chi connectivity index (χ4v) is 1.65. The first kappa shape index (κ1) is 13.0. The molecule has 0 fully saturated rings. The minimum absolute atomic E-state index is 0.0629. The Morgan fingerprint density at radius 3 is 2.31 bits per heavy atom. The highest BCUT2D eigenvalue weighted by Gasteiger charge is 2.03. The van der Waals surface area contributed by atoms with Gasteiger partial charge in [-0.3, -0.25) is 4.79 Å². The number of nitrogens with zero attached hydrogens (tertiary/aromatic N) is 1. The van der Waals surface area contributed by atoms with Crippen LogP contribution >= 0.6 is 15.9 Å². The monoisotopic (exact) mass is 281 g/mol. The molecule has 86 valence electrons. The molecule has 0 saturated carbocycles. The summed E-state index contributed by atoms with van der Waals surface area (Å²) in [5.74, 6) is 0.0629. The van der Waals surface area contributed by atoms with Crippen LogP contribution in [0.5, 0.6) is 0 Å². The van der Waals surface area contributed by atoms with Gasteiger partial charge in [0.25, 0.3) is 0 Å². The smallest absolute Gasteiger partial charge is 0.246 e.